The molecule has 0 saturated carbocycles. The zero-order valence-electron chi connectivity index (χ0n) is 10.3. The Morgan fingerprint density at radius 3 is 1.85 bits per heavy atom. The smallest absolute Gasteiger partial charge is 0.154 e. The molecular formula is C12H16Cl3N3O2. The zero-order chi connectivity index (χ0) is 12.4. The number of aromatic hydroxyl groups is 1. The SMILES string of the molecule is Cl.Cl.Cl.Nc1ccc(N)c(Oc2cc(O)ccc2N)c1. The quantitative estimate of drug-likeness (QED) is 0.496. The molecule has 0 bridgehead atoms. The number of nitrogen functional groups attached to an aromatic ring is 3. The summed E-state index contributed by atoms with van der Waals surface area (Å²) in [6.07, 6.45) is 0. The van der Waals surface area contributed by atoms with Crippen LogP contribution in [0.3, 0.4) is 0 Å². The van der Waals surface area contributed by atoms with Gasteiger partial charge in [0, 0.05) is 17.8 Å². The Bertz CT molecular complexity index is 518. The normalized spacial score (nSPS) is 8.60. The van der Waals surface area contributed by atoms with Gasteiger partial charge in [-0.25, -0.2) is 0 Å². The van der Waals surface area contributed by atoms with Gasteiger partial charge in [-0.2, -0.15) is 0 Å². The van der Waals surface area contributed by atoms with Crippen LogP contribution in [0.1, 0.15) is 0 Å². The van der Waals surface area contributed by atoms with Crippen LogP contribution >= 0.6 is 37.2 Å². The maximum absolute atomic E-state index is 9.35. The van der Waals surface area contributed by atoms with Crippen LogP contribution in [-0.4, -0.2) is 5.11 Å². The maximum Gasteiger partial charge on any atom is 0.154 e. The number of hydrogen-bond acceptors (Lipinski definition) is 5. The number of rotatable bonds is 2. The van der Waals surface area contributed by atoms with Crippen molar-refractivity contribution in [3.8, 4) is 17.2 Å². The van der Waals surface area contributed by atoms with Crippen molar-refractivity contribution in [2.24, 2.45) is 0 Å². The van der Waals surface area contributed by atoms with E-state index in [0.717, 1.165) is 0 Å². The molecule has 20 heavy (non-hydrogen) atoms. The van der Waals surface area contributed by atoms with Crippen molar-refractivity contribution in [2.45, 2.75) is 0 Å². The highest BCUT2D eigenvalue weighted by Crippen LogP contribution is 2.34. The zero-order valence-corrected chi connectivity index (χ0v) is 12.7. The minimum atomic E-state index is 0. The fourth-order valence-corrected chi connectivity index (χ4v) is 1.37. The second-order valence-electron chi connectivity index (χ2n) is 3.62. The van der Waals surface area contributed by atoms with Crippen molar-refractivity contribution in [1.29, 1.82) is 0 Å². The van der Waals surface area contributed by atoms with Gasteiger partial charge in [0.25, 0.3) is 0 Å². The molecule has 0 unspecified atom stereocenters. The van der Waals surface area contributed by atoms with Gasteiger partial charge >= 0.3 is 0 Å². The van der Waals surface area contributed by atoms with Gasteiger partial charge < -0.3 is 27.0 Å². The van der Waals surface area contributed by atoms with E-state index in [1.807, 2.05) is 0 Å². The van der Waals surface area contributed by atoms with Gasteiger partial charge in [0.1, 0.15) is 5.75 Å². The van der Waals surface area contributed by atoms with Crippen molar-refractivity contribution in [3.05, 3.63) is 36.4 Å². The lowest BCUT2D eigenvalue weighted by atomic mass is 10.2. The van der Waals surface area contributed by atoms with Crippen molar-refractivity contribution < 1.29 is 9.84 Å². The first-order chi connectivity index (χ1) is 8.06. The summed E-state index contributed by atoms with van der Waals surface area (Å²) in [5.41, 5.74) is 18.5. The Kier molecular flexibility index (Phi) is 8.74. The molecule has 0 saturated heterocycles. The summed E-state index contributed by atoms with van der Waals surface area (Å²) in [5, 5.41) is 9.35. The lowest BCUT2D eigenvalue weighted by Crippen LogP contribution is -1.96. The van der Waals surface area contributed by atoms with E-state index in [1.165, 1.54) is 12.1 Å². The Hall–Kier alpha value is -1.69. The summed E-state index contributed by atoms with van der Waals surface area (Å²) < 4.78 is 5.51. The van der Waals surface area contributed by atoms with Gasteiger partial charge in [0.05, 0.1) is 11.4 Å². The van der Waals surface area contributed by atoms with E-state index >= 15 is 0 Å². The summed E-state index contributed by atoms with van der Waals surface area (Å²) in [7, 11) is 0. The Morgan fingerprint density at radius 2 is 1.25 bits per heavy atom. The number of phenolic OH excluding ortho intramolecular Hbond substituents is 1. The number of halogens is 3. The van der Waals surface area contributed by atoms with Crippen molar-refractivity contribution in [1.82, 2.24) is 0 Å². The highest BCUT2D eigenvalue weighted by molar-refractivity contribution is 5.86. The van der Waals surface area contributed by atoms with Crippen LogP contribution in [0.4, 0.5) is 17.1 Å². The molecular weight excluding hydrogens is 325 g/mol. The summed E-state index contributed by atoms with van der Waals surface area (Å²) in [6.45, 7) is 0. The molecule has 0 radical (unpaired) electrons. The number of anilines is 3. The van der Waals surface area contributed by atoms with Crippen LogP contribution in [0, 0.1) is 0 Å². The molecule has 0 aliphatic carbocycles. The summed E-state index contributed by atoms with van der Waals surface area (Å²) in [4.78, 5) is 0. The van der Waals surface area contributed by atoms with Crippen LogP contribution in [-0.2, 0) is 0 Å². The third-order valence-electron chi connectivity index (χ3n) is 2.25. The topological polar surface area (TPSA) is 108 Å². The van der Waals surface area contributed by atoms with Gasteiger partial charge in [-0.3, -0.25) is 0 Å². The van der Waals surface area contributed by atoms with Gasteiger partial charge in [0.2, 0.25) is 0 Å². The molecule has 7 N–H and O–H groups in total. The van der Waals surface area contributed by atoms with E-state index in [2.05, 4.69) is 0 Å². The van der Waals surface area contributed by atoms with Crippen LogP contribution in [0.2, 0.25) is 0 Å². The molecule has 8 heteroatoms. The second-order valence-corrected chi connectivity index (χ2v) is 3.62. The number of phenols is 1. The molecule has 0 spiro atoms. The average Bonchev–Trinajstić information content (AvgIpc) is 2.28. The first-order valence-electron chi connectivity index (χ1n) is 4.97. The minimum absolute atomic E-state index is 0. The summed E-state index contributed by atoms with van der Waals surface area (Å²) in [5.74, 6) is 0.807. The fraction of sp³-hybridized carbons (Fsp3) is 0. The highest BCUT2D eigenvalue weighted by Gasteiger charge is 2.06. The van der Waals surface area contributed by atoms with Crippen molar-refractivity contribution in [2.75, 3.05) is 17.2 Å². The molecule has 2 aromatic rings. The standard InChI is InChI=1S/C12H13N3O2.3ClH/c13-7-1-3-9(14)11(5-7)17-12-6-8(16)2-4-10(12)15;;;/h1-6,16H,13-15H2;3*1H. The van der Waals surface area contributed by atoms with E-state index in [4.69, 9.17) is 21.9 Å². The largest absolute Gasteiger partial charge is 0.508 e. The first kappa shape index (κ1) is 20.6. The predicted molar refractivity (Wildman–Crippen MR) is 89.6 cm³/mol. The second kappa shape index (κ2) is 8.47. The number of nitrogens with two attached hydrogens (primary N) is 3. The molecule has 2 aromatic carbocycles. The van der Waals surface area contributed by atoms with Crippen LogP contribution in [0.15, 0.2) is 36.4 Å². The maximum atomic E-state index is 9.35. The molecule has 0 amide bonds. The van der Waals surface area contributed by atoms with E-state index in [9.17, 15) is 5.11 Å². The summed E-state index contributed by atoms with van der Waals surface area (Å²) in [6, 6.07) is 9.35. The van der Waals surface area contributed by atoms with Crippen LogP contribution in [0.5, 0.6) is 17.2 Å². The average molecular weight is 341 g/mol. The van der Waals surface area contributed by atoms with Crippen LogP contribution < -0.4 is 21.9 Å². The van der Waals surface area contributed by atoms with Gasteiger partial charge in [-0.15, -0.1) is 37.2 Å². The molecule has 0 aromatic heterocycles. The molecule has 0 fully saturated rings. The highest BCUT2D eigenvalue weighted by atomic mass is 35.5. The lowest BCUT2D eigenvalue weighted by Gasteiger charge is -2.11. The van der Waals surface area contributed by atoms with E-state index in [1.54, 1.807) is 24.3 Å². The molecule has 0 atom stereocenters. The Morgan fingerprint density at radius 1 is 0.750 bits per heavy atom. The fourth-order valence-electron chi connectivity index (χ4n) is 1.37. The first-order valence-corrected chi connectivity index (χ1v) is 4.97. The van der Waals surface area contributed by atoms with Gasteiger partial charge in [-0.05, 0) is 24.3 Å². The number of hydrogen-bond donors (Lipinski definition) is 4. The van der Waals surface area contributed by atoms with E-state index in [0.29, 0.717) is 28.6 Å². The third kappa shape index (κ3) is 4.77. The van der Waals surface area contributed by atoms with E-state index in [-0.39, 0.29) is 43.0 Å². The molecule has 112 valence electrons. The lowest BCUT2D eigenvalue weighted by molar-refractivity contribution is 0.457. The van der Waals surface area contributed by atoms with Gasteiger partial charge in [-0.1, -0.05) is 0 Å². The Labute approximate surface area is 135 Å². The van der Waals surface area contributed by atoms with Crippen molar-refractivity contribution in [3.63, 3.8) is 0 Å². The third-order valence-corrected chi connectivity index (χ3v) is 2.25. The number of ether oxygens (including phenoxy) is 1. The monoisotopic (exact) mass is 339 g/mol. The Balaban J connectivity index is 0. The van der Waals surface area contributed by atoms with Crippen molar-refractivity contribution >= 4 is 54.3 Å². The molecule has 0 heterocycles. The molecule has 0 aliphatic heterocycles. The van der Waals surface area contributed by atoms with Gasteiger partial charge in [0.15, 0.2) is 11.5 Å². The van der Waals surface area contributed by atoms with Crippen LogP contribution in [0.25, 0.3) is 0 Å². The molecule has 2 rings (SSSR count). The summed E-state index contributed by atoms with van der Waals surface area (Å²) >= 11 is 0. The van der Waals surface area contributed by atoms with E-state index < -0.39 is 0 Å². The minimum Gasteiger partial charge on any atom is -0.508 e. The molecule has 0 aliphatic rings. The molecule has 5 nitrogen and oxygen atoms in total. The number of benzene rings is 2. The predicted octanol–water partition coefficient (Wildman–Crippen LogP) is 3.20.